The number of hydrogen-bond donors (Lipinski definition) is 0. The summed E-state index contributed by atoms with van der Waals surface area (Å²) in [5, 5.41) is 9.15. The van der Waals surface area contributed by atoms with Crippen LogP contribution in [0.25, 0.3) is 33.4 Å². The zero-order chi connectivity index (χ0) is 30.2. The lowest BCUT2D eigenvalue weighted by Crippen LogP contribution is -2.27. The van der Waals surface area contributed by atoms with Gasteiger partial charge in [0, 0.05) is 0 Å². The highest BCUT2D eigenvalue weighted by Gasteiger charge is 2.52. The Labute approximate surface area is 261 Å². The fourth-order valence-corrected chi connectivity index (χ4v) is 8.86. The van der Waals surface area contributed by atoms with E-state index in [1.807, 2.05) is 91.0 Å². The molecule has 0 aliphatic carbocycles. The van der Waals surface area contributed by atoms with Crippen molar-refractivity contribution >= 4 is 35.8 Å². The third kappa shape index (κ3) is 4.64. The Morgan fingerprint density at radius 3 is 1.29 bits per heavy atom. The van der Waals surface area contributed by atoms with Gasteiger partial charge in [0.25, 0.3) is 0 Å². The molecule has 216 valence electrons. The minimum absolute atomic E-state index is 0.413. The van der Waals surface area contributed by atoms with Gasteiger partial charge in [-0.05, 0) is 98.3 Å². The number of aromatic nitrogens is 2. The predicted octanol–water partition coefficient (Wildman–Crippen LogP) is 9.88. The van der Waals surface area contributed by atoms with Crippen LogP contribution >= 0.6 is 7.44 Å². The van der Waals surface area contributed by atoms with E-state index in [0.717, 1.165) is 44.8 Å². The van der Waals surface area contributed by atoms with Crippen LogP contribution in [-0.4, -0.2) is 10.3 Å². The number of anilines is 4. The van der Waals surface area contributed by atoms with Crippen molar-refractivity contribution in [1.29, 1.82) is 0 Å². The van der Waals surface area contributed by atoms with Gasteiger partial charge in [-0.1, -0.05) is 109 Å². The van der Waals surface area contributed by atoms with Crippen LogP contribution in [0.5, 0.6) is 0 Å². The van der Waals surface area contributed by atoms with Gasteiger partial charge in [-0.15, -0.1) is 0 Å². The number of hydrogen-bond acceptors (Lipinski definition) is 4. The van der Waals surface area contributed by atoms with Crippen molar-refractivity contribution in [1.82, 2.24) is 10.3 Å². The quantitative estimate of drug-likeness (QED) is 0.177. The molecule has 1 aromatic heterocycles. The molecular formula is C38H27N4O2P. The first-order valence-corrected chi connectivity index (χ1v) is 16.3. The van der Waals surface area contributed by atoms with Crippen molar-refractivity contribution in [3.63, 3.8) is 0 Å². The third-order valence-corrected chi connectivity index (χ3v) is 10.9. The molecule has 1 aliphatic rings. The molecule has 0 radical (unpaired) electrons. The van der Waals surface area contributed by atoms with E-state index in [2.05, 4.69) is 83.1 Å². The molecule has 6 nitrogen and oxygen atoms in total. The first-order valence-electron chi connectivity index (χ1n) is 14.7. The second kappa shape index (κ2) is 11.1. The number of nitrogens with zero attached hydrogens (tertiary/aromatic N) is 4. The van der Waals surface area contributed by atoms with Gasteiger partial charge >= 0.3 is 7.44 Å². The van der Waals surface area contributed by atoms with E-state index in [1.54, 1.807) is 9.34 Å². The van der Waals surface area contributed by atoms with E-state index in [9.17, 15) is 0 Å². The molecule has 0 amide bonds. The van der Waals surface area contributed by atoms with E-state index < -0.39 is 7.44 Å². The molecule has 6 aromatic carbocycles. The van der Waals surface area contributed by atoms with Gasteiger partial charge in [0.2, 0.25) is 11.6 Å². The van der Waals surface area contributed by atoms with Crippen molar-refractivity contribution < 1.29 is 9.19 Å². The average Bonchev–Trinajstić information content (AvgIpc) is 3.68. The standard InChI is InChI=1S/C38H27N4O2P/c43-45(41(34-19-9-3-10-20-34)37-38(40-44-39-37)42(45)35-21-11-4-12-22-35)36-23-13-18-30(27-36)33-25-31(28-14-5-1-6-15-28)24-32(26-33)29-16-7-2-8-17-29/h1-27H. The molecule has 0 unspecified atom stereocenters. The van der Waals surface area contributed by atoms with Gasteiger partial charge in [0.1, 0.15) is 0 Å². The minimum atomic E-state index is -3.63. The molecule has 7 heteroatoms. The lowest BCUT2D eigenvalue weighted by Gasteiger charge is -2.32. The van der Waals surface area contributed by atoms with E-state index >= 15 is 4.57 Å². The van der Waals surface area contributed by atoms with Crippen molar-refractivity contribution in [2.45, 2.75) is 0 Å². The first kappa shape index (κ1) is 26.9. The zero-order valence-corrected chi connectivity index (χ0v) is 25.0. The summed E-state index contributed by atoms with van der Waals surface area (Å²) in [5.74, 6) is 0.826. The molecule has 0 saturated heterocycles. The molecule has 2 heterocycles. The number of para-hydroxylation sites is 2. The lowest BCUT2D eigenvalue weighted by atomic mass is 9.93. The topological polar surface area (TPSA) is 62.5 Å². The fourth-order valence-electron chi connectivity index (χ4n) is 5.97. The average molecular weight is 603 g/mol. The molecule has 0 saturated carbocycles. The maximum absolute atomic E-state index is 15.9. The van der Waals surface area contributed by atoms with Crippen LogP contribution in [0.4, 0.5) is 23.0 Å². The summed E-state index contributed by atoms with van der Waals surface area (Å²) < 4.78 is 24.7. The first-order chi connectivity index (χ1) is 22.2. The SMILES string of the molecule is O=P1(c2cccc(-c3cc(-c4ccccc4)cc(-c4ccccc4)c3)c2)N(c2ccccc2)c2nonc2N1c1ccccc1. The van der Waals surface area contributed by atoms with Crippen LogP contribution < -0.4 is 14.6 Å². The Bertz CT molecular complexity index is 2030. The molecule has 45 heavy (non-hydrogen) atoms. The summed E-state index contributed by atoms with van der Waals surface area (Å²) in [6, 6.07) is 54.7. The van der Waals surface area contributed by atoms with Crippen molar-refractivity contribution in [2.75, 3.05) is 9.34 Å². The van der Waals surface area contributed by atoms with Crippen LogP contribution in [0.2, 0.25) is 0 Å². The lowest BCUT2D eigenvalue weighted by molar-refractivity contribution is 0.309. The van der Waals surface area contributed by atoms with Crippen LogP contribution in [0.3, 0.4) is 0 Å². The van der Waals surface area contributed by atoms with Gasteiger partial charge < -0.3 is 0 Å². The number of fused-ring (bicyclic) bond motifs is 1. The maximum atomic E-state index is 15.9. The van der Waals surface area contributed by atoms with Crippen LogP contribution in [0, 0.1) is 0 Å². The Morgan fingerprint density at radius 2 is 0.822 bits per heavy atom. The third-order valence-electron chi connectivity index (χ3n) is 8.06. The number of rotatable bonds is 6. The Balaban J connectivity index is 1.33. The molecule has 0 atom stereocenters. The molecule has 0 fully saturated rings. The fraction of sp³-hybridized carbons (Fsp3) is 0. The summed E-state index contributed by atoms with van der Waals surface area (Å²) in [4.78, 5) is 0. The minimum Gasteiger partial charge on any atom is -0.269 e. The van der Waals surface area contributed by atoms with Crippen LogP contribution in [0.1, 0.15) is 0 Å². The second-order valence-electron chi connectivity index (χ2n) is 10.8. The summed E-state index contributed by atoms with van der Waals surface area (Å²) >= 11 is 0. The van der Waals surface area contributed by atoms with Gasteiger partial charge in [-0.25, -0.2) is 14.0 Å². The highest BCUT2D eigenvalue weighted by atomic mass is 31.2. The molecular weight excluding hydrogens is 575 g/mol. The summed E-state index contributed by atoms with van der Waals surface area (Å²) in [6.07, 6.45) is 0. The van der Waals surface area contributed by atoms with Crippen molar-refractivity contribution in [2.24, 2.45) is 0 Å². The van der Waals surface area contributed by atoms with E-state index in [0.29, 0.717) is 16.9 Å². The van der Waals surface area contributed by atoms with Gasteiger partial charge in [-0.2, -0.15) is 0 Å². The highest BCUT2D eigenvalue weighted by Crippen LogP contribution is 2.69. The Morgan fingerprint density at radius 1 is 0.422 bits per heavy atom. The number of benzene rings is 6. The van der Waals surface area contributed by atoms with Crippen LogP contribution in [-0.2, 0) is 4.57 Å². The molecule has 0 spiro atoms. The molecule has 8 rings (SSSR count). The van der Waals surface area contributed by atoms with Crippen LogP contribution in [0.15, 0.2) is 168 Å². The largest absolute Gasteiger partial charge is 0.304 e. The second-order valence-corrected chi connectivity index (χ2v) is 13.2. The maximum Gasteiger partial charge on any atom is 0.304 e. The molecule has 7 aromatic rings. The van der Waals surface area contributed by atoms with Gasteiger partial charge in [0.05, 0.1) is 16.7 Å². The van der Waals surface area contributed by atoms with Gasteiger partial charge in [-0.3, -0.25) is 4.57 Å². The smallest absolute Gasteiger partial charge is 0.269 e. The Kier molecular flexibility index (Phi) is 6.63. The van der Waals surface area contributed by atoms with E-state index in [4.69, 9.17) is 4.63 Å². The monoisotopic (exact) mass is 602 g/mol. The normalized spacial score (nSPS) is 13.5. The molecule has 0 N–H and O–H groups in total. The Hall–Kier alpha value is -5.71. The zero-order valence-electron chi connectivity index (χ0n) is 24.1. The van der Waals surface area contributed by atoms with E-state index in [1.165, 1.54) is 0 Å². The van der Waals surface area contributed by atoms with Crippen molar-refractivity contribution in [3.8, 4) is 33.4 Å². The summed E-state index contributed by atoms with van der Waals surface area (Å²) in [6.45, 7) is 0. The highest BCUT2D eigenvalue weighted by molar-refractivity contribution is 7.76. The predicted molar refractivity (Wildman–Crippen MR) is 181 cm³/mol. The summed E-state index contributed by atoms with van der Waals surface area (Å²) in [7, 11) is -3.63. The molecule has 1 aliphatic heterocycles. The van der Waals surface area contributed by atoms with Gasteiger partial charge in [0.15, 0.2) is 0 Å². The van der Waals surface area contributed by atoms with E-state index in [-0.39, 0.29) is 0 Å². The van der Waals surface area contributed by atoms with Crippen molar-refractivity contribution in [3.05, 3.63) is 164 Å². The summed E-state index contributed by atoms with van der Waals surface area (Å²) in [5.41, 5.74) is 7.93. The molecule has 0 bridgehead atoms.